The summed E-state index contributed by atoms with van der Waals surface area (Å²) in [6, 6.07) is 7.40. The van der Waals surface area contributed by atoms with Crippen LogP contribution in [0.3, 0.4) is 0 Å². The molecule has 1 saturated heterocycles. The van der Waals surface area contributed by atoms with E-state index in [1.54, 1.807) is 11.9 Å². The van der Waals surface area contributed by atoms with Crippen molar-refractivity contribution in [1.29, 1.82) is 0 Å². The molecular weight excluding hydrogens is 248 g/mol. The van der Waals surface area contributed by atoms with Gasteiger partial charge in [-0.2, -0.15) is 0 Å². The van der Waals surface area contributed by atoms with Crippen LogP contribution in [0.5, 0.6) is 0 Å². The second kappa shape index (κ2) is 5.46. The number of carbonyl (C=O) groups excluding carboxylic acids is 1. The Kier molecular flexibility index (Phi) is 3.93. The summed E-state index contributed by atoms with van der Waals surface area (Å²) < 4.78 is 5.24. The molecule has 1 aromatic rings. The molecule has 0 radical (unpaired) electrons. The first-order valence-electron chi connectivity index (χ1n) is 5.85. The van der Waals surface area contributed by atoms with E-state index in [1.807, 2.05) is 24.3 Å². The summed E-state index contributed by atoms with van der Waals surface area (Å²) in [5.41, 5.74) is 7.15. The van der Waals surface area contributed by atoms with Crippen molar-refractivity contribution in [3.05, 3.63) is 29.8 Å². The number of ether oxygens (including phenoxy) is 1. The van der Waals surface area contributed by atoms with E-state index < -0.39 is 0 Å². The number of para-hydroxylation sites is 1. The maximum absolute atomic E-state index is 12.3. The van der Waals surface area contributed by atoms with E-state index in [4.69, 9.17) is 22.7 Å². The number of hydrogen-bond donors (Lipinski definition) is 1. The molecule has 1 unspecified atom stereocenters. The maximum atomic E-state index is 12.3. The highest BCUT2D eigenvalue weighted by Crippen LogP contribution is 2.23. The molecule has 4 nitrogen and oxygen atoms in total. The number of nitrogens with two attached hydrogens (primary N) is 1. The standard InChI is InChI=1S/C13H16N2O2S/c1-15(13(16)9-6-7-17-8-9)11-5-3-2-4-10(11)12(14)18/h2-5,9H,6-8H2,1H3,(H2,14,18). The van der Waals surface area contributed by atoms with Crippen molar-refractivity contribution in [2.45, 2.75) is 6.42 Å². The Morgan fingerprint density at radius 1 is 1.50 bits per heavy atom. The van der Waals surface area contributed by atoms with E-state index in [-0.39, 0.29) is 11.8 Å². The van der Waals surface area contributed by atoms with Crippen molar-refractivity contribution < 1.29 is 9.53 Å². The largest absolute Gasteiger partial charge is 0.389 e. The molecule has 1 amide bonds. The molecule has 2 N–H and O–H groups in total. The lowest BCUT2D eigenvalue weighted by Gasteiger charge is -2.22. The lowest BCUT2D eigenvalue weighted by molar-refractivity contribution is -0.122. The van der Waals surface area contributed by atoms with Gasteiger partial charge in [0.15, 0.2) is 0 Å². The summed E-state index contributed by atoms with van der Waals surface area (Å²) in [5, 5.41) is 0. The molecule has 1 aliphatic rings. The number of thiocarbonyl (C=S) groups is 1. The van der Waals surface area contributed by atoms with Crippen LogP contribution in [0.1, 0.15) is 12.0 Å². The monoisotopic (exact) mass is 264 g/mol. The molecule has 0 aliphatic carbocycles. The Labute approximate surface area is 112 Å². The van der Waals surface area contributed by atoms with E-state index in [0.717, 1.165) is 17.7 Å². The summed E-state index contributed by atoms with van der Waals surface area (Å²) in [5.74, 6) is -0.00870. The van der Waals surface area contributed by atoms with Gasteiger partial charge >= 0.3 is 0 Å². The fraction of sp³-hybridized carbons (Fsp3) is 0.385. The molecule has 0 saturated carbocycles. The number of anilines is 1. The van der Waals surface area contributed by atoms with Crippen molar-refractivity contribution in [3.63, 3.8) is 0 Å². The highest BCUT2D eigenvalue weighted by Gasteiger charge is 2.27. The molecule has 18 heavy (non-hydrogen) atoms. The number of rotatable bonds is 3. The Morgan fingerprint density at radius 2 is 2.22 bits per heavy atom. The van der Waals surface area contributed by atoms with Crippen molar-refractivity contribution in [2.75, 3.05) is 25.2 Å². The van der Waals surface area contributed by atoms with E-state index in [0.29, 0.717) is 18.2 Å². The molecule has 0 spiro atoms. The number of hydrogen-bond acceptors (Lipinski definition) is 3. The van der Waals surface area contributed by atoms with Crippen LogP contribution in [-0.4, -0.2) is 31.2 Å². The van der Waals surface area contributed by atoms with E-state index in [1.165, 1.54) is 0 Å². The average Bonchev–Trinajstić information content (AvgIpc) is 2.90. The average molecular weight is 264 g/mol. The second-order valence-electron chi connectivity index (χ2n) is 4.34. The molecule has 2 rings (SSSR count). The van der Waals surface area contributed by atoms with Crippen LogP contribution in [-0.2, 0) is 9.53 Å². The SMILES string of the molecule is CN(C(=O)C1CCOC1)c1ccccc1C(N)=S. The summed E-state index contributed by atoms with van der Waals surface area (Å²) in [6.07, 6.45) is 0.776. The Morgan fingerprint density at radius 3 is 2.83 bits per heavy atom. The molecule has 1 atom stereocenters. The van der Waals surface area contributed by atoms with Crippen LogP contribution in [0.2, 0.25) is 0 Å². The summed E-state index contributed by atoms with van der Waals surface area (Å²) in [4.78, 5) is 14.2. The fourth-order valence-corrected chi connectivity index (χ4v) is 2.27. The van der Waals surface area contributed by atoms with Gasteiger partial charge in [0.2, 0.25) is 5.91 Å². The summed E-state index contributed by atoms with van der Waals surface area (Å²) in [7, 11) is 1.75. The van der Waals surface area contributed by atoms with Gasteiger partial charge in [-0.25, -0.2) is 0 Å². The minimum absolute atomic E-state index is 0.0520. The normalized spacial score (nSPS) is 18.6. The maximum Gasteiger partial charge on any atom is 0.232 e. The van der Waals surface area contributed by atoms with Gasteiger partial charge in [-0.05, 0) is 18.6 Å². The predicted molar refractivity (Wildman–Crippen MR) is 74.7 cm³/mol. The third kappa shape index (κ3) is 2.52. The van der Waals surface area contributed by atoms with E-state index >= 15 is 0 Å². The lowest BCUT2D eigenvalue weighted by Crippen LogP contribution is -2.34. The quantitative estimate of drug-likeness (QED) is 0.837. The first-order chi connectivity index (χ1) is 8.61. The predicted octanol–water partition coefficient (Wildman–Crippen LogP) is 1.32. The van der Waals surface area contributed by atoms with Gasteiger partial charge in [-0.1, -0.05) is 24.4 Å². The highest BCUT2D eigenvalue weighted by molar-refractivity contribution is 7.80. The Bertz CT molecular complexity index is 470. The van der Waals surface area contributed by atoms with Crippen molar-refractivity contribution in [1.82, 2.24) is 0 Å². The third-order valence-corrected chi connectivity index (χ3v) is 3.36. The van der Waals surface area contributed by atoms with Crippen LogP contribution < -0.4 is 10.6 Å². The number of amides is 1. The molecule has 1 aliphatic heterocycles. The zero-order valence-electron chi connectivity index (χ0n) is 10.3. The zero-order chi connectivity index (χ0) is 13.1. The summed E-state index contributed by atoms with van der Waals surface area (Å²) >= 11 is 5.01. The molecule has 0 bridgehead atoms. The van der Waals surface area contributed by atoms with Crippen LogP contribution in [0, 0.1) is 5.92 Å². The van der Waals surface area contributed by atoms with E-state index in [9.17, 15) is 4.79 Å². The van der Waals surface area contributed by atoms with Crippen molar-refractivity contribution >= 4 is 28.8 Å². The fourth-order valence-electron chi connectivity index (χ4n) is 2.10. The molecule has 0 aromatic heterocycles. The van der Waals surface area contributed by atoms with Crippen LogP contribution in [0.15, 0.2) is 24.3 Å². The first-order valence-corrected chi connectivity index (χ1v) is 6.26. The number of carbonyl (C=O) groups is 1. The van der Waals surface area contributed by atoms with Crippen LogP contribution in [0.4, 0.5) is 5.69 Å². The Balaban J connectivity index is 2.25. The van der Waals surface area contributed by atoms with Crippen molar-refractivity contribution in [3.8, 4) is 0 Å². The van der Waals surface area contributed by atoms with Gasteiger partial charge in [0.25, 0.3) is 0 Å². The smallest absolute Gasteiger partial charge is 0.232 e. The number of nitrogens with zero attached hydrogens (tertiary/aromatic N) is 1. The van der Waals surface area contributed by atoms with Gasteiger partial charge < -0.3 is 15.4 Å². The summed E-state index contributed by atoms with van der Waals surface area (Å²) in [6.45, 7) is 1.15. The molecular formula is C13H16N2O2S. The second-order valence-corrected chi connectivity index (χ2v) is 4.78. The molecule has 96 valence electrons. The van der Waals surface area contributed by atoms with Crippen LogP contribution in [0.25, 0.3) is 0 Å². The van der Waals surface area contributed by atoms with Crippen molar-refractivity contribution in [2.24, 2.45) is 11.7 Å². The highest BCUT2D eigenvalue weighted by atomic mass is 32.1. The molecule has 1 aromatic carbocycles. The van der Waals surface area contributed by atoms with Gasteiger partial charge in [0.05, 0.1) is 18.2 Å². The third-order valence-electron chi connectivity index (χ3n) is 3.14. The molecule has 1 fully saturated rings. The minimum atomic E-state index is -0.0607. The van der Waals surface area contributed by atoms with E-state index in [2.05, 4.69) is 0 Å². The zero-order valence-corrected chi connectivity index (χ0v) is 11.1. The molecule has 1 heterocycles. The minimum Gasteiger partial charge on any atom is -0.389 e. The number of benzene rings is 1. The van der Waals surface area contributed by atoms with Gasteiger partial charge in [-0.15, -0.1) is 0 Å². The topological polar surface area (TPSA) is 55.6 Å². The van der Waals surface area contributed by atoms with Gasteiger partial charge in [0, 0.05) is 19.2 Å². The molecule has 5 heteroatoms. The van der Waals surface area contributed by atoms with Gasteiger partial charge in [0.1, 0.15) is 4.99 Å². The van der Waals surface area contributed by atoms with Crippen LogP contribution >= 0.6 is 12.2 Å². The Hall–Kier alpha value is -1.46. The lowest BCUT2D eigenvalue weighted by atomic mass is 10.1. The van der Waals surface area contributed by atoms with Gasteiger partial charge in [-0.3, -0.25) is 4.79 Å². The first kappa shape index (κ1) is 13.0.